The number of piperidine rings is 1. The van der Waals surface area contributed by atoms with Gasteiger partial charge in [0.1, 0.15) is 0 Å². The highest BCUT2D eigenvalue weighted by molar-refractivity contribution is 5.99. The number of H-pyrrole nitrogens is 1. The number of carbonyl (C=O) groups is 1. The first kappa shape index (κ1) is 16.3. The Bertz CT molecular complexity index is 875. The summed E-state index contributed by atoms with van der Waals surface area (Å²) < 4.78 is 0. The van der Waals surface area contributed by atoms with Gasteiger partial charge < -0.3 is 4.98 Å². The van der Waals surface area contributed by atoms with E-state index in [1.165, 1.54) is 46.9 Å². The van der Waals surface area contributed by atoms with Crippen molar-refractivity contribution in [3.63, 3.8) is 0 Å². The largest absolute Gasteiger partial charge is 0.361 e. The minimum absolute atomic E-state index is 0.0175. The third-order valence-electron chi connectivity index (χ3n) is 6.51. The fraction of sp³-hybridized carbons (Fsp3) is 0.500. The maximum atomic E-state index is 13.0. The minimum Gasteiger partial charge on any atom is -0.361 e. The second-order valence-electron chi connectivity index (χ2n) is 8.23. The van der Waals surface area contributed by atoms with E-state index in [0.29, 0.717) is 18.4 Å². The highest BCUT2D eigenvalue weighted by Crippen LogP contribution is 2.40. The Hall–Kier alpha value is -1.91. The van der Waals surface area contributed by atoms with Crippen LogP contribution in [0.2, 0.25) is 0 Å². The Morgan fingerprint density at radius 3 is 2.92 bits per heavy atom. The molecule has 1 saturated heterocycles. The number of likely N-dealkylation sites (tertiary alicyclic amines) is 1. The predicted molar refractivity (Wildman–Crippen MR) is 105 cm³/mol. The van der Waals surface area contributed by atoms with E-state index >= 15 is 0 Å². The van der Waals surface area contributed by atoms with Crippen molar-refractivity contribution in [2.75, 3.05) is 33.2 Å². The number of nitrogens with one attached hydrogen (secondary N) is 1. The van der Waals surface area contributed by atoms with Gasteiger partial charge >= 0.3 is 0 Å². The van der Waals surface area contributed by atoms with Gasteiger partial charge in [-0.3, -0.25) is 14.6 Å². The van der Waals surface area contributed by atoms with Crippen molar-refractivity contribution in [1.29, 1.82) is 0 Å². The minimum atomic E-state index is 0.0175. The van der Waals surface area contributed by atoms with Crippen molar-refractivity contribution in [3.05, 3.63) is 41.6 Å². The zero-order chi connectivity index (χ0) is 17.7. The van der Waals surface area contributed by atoms with Gasteiger partial charge in [0.2, 0.25) is 0 Å². The monoisotopic (exact) mass is 349 g/mol. The van der Waals surface area contributed by atoms with Crippen LogP contribution in [0.5, 0.6) is 0 Å². The van der Waals surface area contributed by atoms with Gasteiger partial charge in [0.15, 0.2) is 5.78 Å². The number of likely N-dealkylation sites (N-methyl/N-ethyl adjacent to an activating group) is 1. The molecule has 4 nitrogen and oxygen atoms in total. The molecule has 0 spiro atoms. The normalized spacial score (nSPS) is 26.6. The number of aromatic nitrogens is 1. The molecule has 2 aliphatic heterocycles. The van der Waals surface area contributed by atoms with Crippen LogP contribution in [0.25, 0.3) is 16.5 Å². The molecule has 1 fully saturated rings. The first-order valence-corrected chi connectivity index (χ1v) is 9.97. The standard InChI is InChI=1S/C22H27N3O/c1-24-13-16(21(26)14-25-8-3-2-4-9-25)10-18-17-6-5-7-19-22(17)15(12-23-19)11-20(18)24/h5-7,10,12,16,20,23H,2-4,8-9,11,13-14H2,1H3/t16-,20-/m1/s1. The molecule has 0 radical (unpaired) electrons. The number of aromatic amines is 1. The molecule has 1 aromatic carbocycles. The summed E-state index contributed by atoms with van der Waals surface area (Å²) in [6.45, 7) is 3.63. The highest BCUT2D eigenvalue weighted by Gasteiger charge is 2.35. The van der Waals surface area contributed by atoms with Crippen LogP contribution in [0.4, 0.5) is 0 Å². The molecule has 0 amide bonds. The van der Waals surface area contributed by atoms with Crippen LogP contribution in [0, 0.1) is 5.92 Å². The van der Waals surface area contributed by atoms with Crippen LogP contribution >= 0.6 is 0 Å². The molecular weight excluding hydrogens is 322 g/mol. The Kier molecular flexibility index (Phi) is 3.98. The SMILES string of the molecule is CN1C[C@H](C(=O)CN2CCCCC2)C=C2c3cccc4[nH]cc(c34)C[C@H]21. The molecule has 1 aromatic heterocycles. The van der Waals surface area contributed by atoms with Crippen LogP contribution in [-0.4, -0.2) is 59.8 Å². The smallest absolute Gasteiger partial charge is 0.154 e. The quantitative estimate of drug-likeness (QED) is 0.926. The number of hydrogen-bond donors (Lipinski definition) is 1. The first-order chi connectivity index (χ1) is 12.7. The van der Waals surface area contributed by atoms with Gasteiger partial charge in [-0.2, -0.15) is 0 Å². The molecule has 0 bridgehead atoms. The topological polar surface area (TPSA) is 39.3 Å². The lowest BCUT2D eigenvalue weighted by atomic mass is 9.79. The van der Waals surface area contributed by atoms with Gasteiger partial charge in [0.25, 0.3) is 0 Å². The van der Waals surface area contributed by atoms with E-state index in [1.54, 1.807) is 0 Å². The zero-order valence-corrected chi connectivity index (χ0v) is 15.5. The molecule has 1 N–H and O–H groups in total. The third kappa shape index (κ3) is 2.63. The summed E-state index contributed by atoms with van der Waals surface area (Å²) in [5.41, 5.74) is 5.29. The van der Waals surface area contributed by atoms with Gasteiger partial charge in [0, 0.05) is 29.7 Å². The molecule has 136 valence electrons. The van der Waals surface area contributed by atoms with E-state index in [9.17, 15) is 4.79 Å². The molecule has 2 aromatic rings. The average molecular weight is 349 g/mol. The van der Waals surface area contributed by atoms with Crippen molar-refractivity contribution in [2.45, 2.75) is 31.7 Å². The molecule has 4 heteroatoms. The average Bonchev–Trinajstić information content (AvgIpc) is 3.08. The Balaban J connectivity index is 1.47. The Labute approximate surface area is 154 Å². The first-order valence-electron chi connectivity index (χ1n) is 9.97. The van der Waals surface area contributed by atoms with Crippen molar-refractivity contribution in [1.82, 2.24) is 14.8 Å². The van der Waals surface area contributed by atoms with E-state index in [-0.39, 0.29) is 5.92 Å². The third-order valence-corrected chi connectivity index (χ3v) is 6.51. The predicted octanol–water partition coefficient (Wildman–Crippen LogP) is 3.09. The van der Waals surface area contributed by atoms with Crippen molar-refractivity contribution >= 4 is 22.3 Å². The lowest BCUT2D eigenvalue weighted by molar-refractivity contribution is -0.123. The Morgan fingerprint density at radius 2 is 2.08 bits per heavy atom. The molecular formula is C22H27N3O. The van der Waals surface area contributed by atoms with Gasteiger partial charge in [-0.25, -0.2) is 0 Å². The van der Waals surface area contributed by atoms with Crippen molar-refractivity contribution in [2.24, 2.45) is 5.92 Å². The summed E-state index contributed by atoms with van der Waals surface area (Å²) >= 11 is 0. The number of carbonyl (C=O) groups excluding carboxylic acids is 1. The molecule has 26 heavy (non-hydrogen) atoms. The molecule has 0 unspecified atom stereocenters. The van der Waals surface area contributed by atoms with Crippen LogP contribution in [0.3, 0.4) is 0 Å². The molecule has 3 heterocycles. The van der Waals surface area contributed by atoms with Gasteiger partial charge in [-0.15, -0.1) is 0 Å². The number of rotatable bonds is 3. The van der Waals surface area contributed by atoms with E-state index in [1.807, 2.05) is 0 Å². The van der Waals surface area contributed by atoms with Gasteiger partial charge in [-0.1, -0.05) is 24.6 Å². The summed E-state index contributed by atoms with van der Waals surface area (Å²) in [5.74, 6) is 0.403. The number of Topliss-reactive ketones (excluding diaryl/α,β-unsaturated/α-hetero) is 1. The summed E-state index contributed by atoms with van der Waals surface area (Å²) in [7, 11) is 2.18. The second-order valence-corrected chi connectivity index (χ2v) is 8.23. The zero-order valence-electron chi connectivity index (χ0n) is 15.5. The fourth-order valence-electron chi connectivity index (χ4n) is 5.11. The second kappa shape index (κ2) is 6.36. The number of ketones is 1. The van der Waals surface area contributed by atoms with E-state index in [2.05, 4.69) is 52.3 Å². The maximum absolute atomic E-state index is 13.0. The summed E-state index contributed by atoms with van der Waals surface area (Å²) in [6.07, 6.45) is 9.27. The van der Waals surface area contributed by atoms with E-state index < -0.39 is 0 Å². The number of nitrogens with zero attached hydrogens (tertiary/aromatic N) is 2. The summed E-state index contributed by atoms with van der Waals surface area (Å²) in [5, 5.41) is 1.35. The lowest BCUT2D eigenvalue weighted by Crippen LogP contribution is -2.46. The molecule has 2 atom stereocenters. The lowest BCUT2D eigenvalue weighted by Gasteiger charge is -2.40. The number of hydrogen-bond acceptors (Lipinski definition) is 3. The molecule has 3 aliphatic rings. The summed E-state index contributed by atoms with van der Waals surface area (Å²) in [4.78, 5) is 21.2. The molecule has 5 rings (SSSR count). The van der Waals surface area contributed by atoms with Crippen LogP contribution in [0.1, 0.15) is 30.4 Å². The highest BCUT2D eigenvalue weighted by atomic mass is 16.1. The van der Waals surface area contributed by atoms with Crippen molar-refractivity contribution < 1.29 is 4.79 Å². The van der Waals surface area contributed by atoms with Gasteiger partial charge in [-0.05, 0) is 62.2 Å². The van der Waals surface area contributed by atoms with Crippen LogP contribution in [0.15, 0.2) is 30.5 Å². The Morgan fingerprint density at radius 1 is 1.23 bits per heavy atom. The van der Waals surface area contributed by atoms with Crippen molar-refractivity contribution in [3.8, 4) is 0 Å². The summed E-state index contributed by atoms with van der Waals surface area (Å²) in [6, 6.07) is 6.89. The molecule has 0 saturated carbocycles. The maximum Gasteiger partial charge on any atom is 0.154 e. The molecule has 1 aliphatic carbocycles. The van der Waals surface area contributed by atoms with E-state index in [0.717, 1.165) is 26.1 Å². The fourth-order valence-corrected chi connectivity index (χ4v) is 5.11. The number of benzene rings is 1. The van der Waals surface area contributed by atoms with Crippen LogP contribution in [-0.2, 0) is 11.2 Å². The van der Waals surface area contributed by atoms with E-state index in [4.69, 9.17) is 0 Å². The number of fused-ring (bicyclic) bond motifs is 2. The van der Waals surface area contributed by atoms with Gasteiger partial charge in [0.05, 0.1) is 12.5 Å². The van der Waals surface area contributed by atoms with Crippen LogP contribution < -0.4 is 0 Å².